The van der Waals surface area contributed by atoms with Crippen LogP contribution in [-0.4, -0.2) is 53.5 Å². The Morgan fingerprint density at radius 3 is 2.12 bits per heavy atom. The van der Waals surface area contributed by atoms with Gasteiger partial charge in [-0.25, -0.2) is 4.99 Å². The van der Waals surface area contributed by atoms with Crippen molar-refractivity contribution in [3.8, 4) is 0 Å². The number of nitrogens with zero attached hydrogens (tertiary/aromatic N) is 3. The normalized spacial score (nSPS) is 14.5. The van der Waals surface area contributed by atoms with E-state index in [9.17, 15) is 9.59 Å². The van der Waals surface area contributed by atoms with Gasteiger partial charge in [-0.2, -0.15) is 0 Å². The van der Waals surface area contributed by atoms with Gasteiger partial charge in [0.05, 0.1) is 5.71 Å². The average molecular weight is 452 g/mol. The Labute approximate surface area is 192 Å². The summed E-state index contributed by atoms with van der Waals surface area (Å²) in [7, 11) is 0. The van der Waals surface area contributed by atoms with Crippen molar-refractivity contribution in [1.29, 1.82) is 0 Å². The molecule has 0 unspecified atom stereocenters. The number of hydrogen-bond acceptors (Lipinski definition) is 5. The molecule has 0 spiro atoms. The number of halogens is 1. The number of piperazine rings is 1. The summed E-state index contributed by atoms with van der Waals surface area (Å²) < 4.78 is 0. The number of anilines is 1. The predicted octanol–water partition coefficient (Wildman–Crippen LogP) is 3.49. The Bertz CT molecular complexity index is 1040. The van der Waals surface area contributed by atoms with E-state index in [1.165, 1.54) is 6.20 Å². The third-order valence-corrected chi connectivity index (χ3v) is 5.33. The van der Waals surface area contributed by atoms with Crippen LogP contribution < -0.4 is 11.1 Å². The van der Waals surface area contributed by atoms with E-state index in [2.05, 4.69) is 16.9 Å². The molecule has 0 saturated carbocycles. The molecule has 32 heavy (non-hydrogen) atoms. The first-order chi connectivity index (χ1) is 15.4. The molecule has 1 aliphatic rings. The summed E-state index contributed by atoms with van der Waals surface area (Å²) in [6.45, 7) is 7.70. The lowest BCUT2D eigenvalue weighted by atomic mass is 10.1. The smallest absolute Gasteiger partial charge is 0.253 e. The van der Waals surface area contributed by atoms with Crippen molar-refractivity contribution in [2.24, 2.45) is 10.7 Å². The SMILES string of the molecule is C=C(N=C(/C=C\N)c1ccc(Cl)cc1)Nc1ccc(C(=O)N2CCN(C(C)=O)CC2)cc1. The summed E-state index contributed by atoms with van der Waals surface area (Å²) in [5, 5.41) is 3.76. The highest BCUT2D eigenvalue weighted by molar-refractivity contribution is 6.30. The van der Waals surface area contributed by atoms with Crippen LogP contribution in [0, 0.1) is 0 Å². The Balaban J connectivity index is 1.64. The zero-order valence-electron chi connectivity index (χ0n) is 17.9. The Hall–Kier alpha value is -3.58. The van der Waals surface area contributed by atoms with Gasteiger partial charge in [-0.1, -0.05) is 30.3 Å². The first-order valence-corrected chi connectivity index (χ1v) is 10.6. The molecule has 1 heterocycles. The quantitative estimate of drug-likeness (QED) is 0.658. The molecule has 2 amide bonds. The van der Waals surface area contributed by atoms with E-state index in [-0.39, 0.29) is 11.8 Å². The van der Waals surface area contributed by atoms with Gasteiger partial charge in [0.15, 0.2) is 0 Å². The molecule has 3 N–H and O–H groups in total. The summed E-state index contributed by atoms with van der Waals surface area (Å²) in [5.41, 5.74) is 8.40. The van der Waals surface area contributed by atoms with E-state index in [1.54, 1.807) is 59.2 Å². The number of aliphatic imine (C=N–C) groups is 1. The van der Waals surface area contributed by atoms with E-state index in [1.807, 2.05) is 12.1 Å². The number of carbonyl (C=O) groups is 2. The minimum atomic E-state index is -0.0466. The summed E-state index contributed by atoms with van der Waals surface area (Å²) in [5.74, 6) is 0.416. The van der Waals surface area contributed by atoms with Gasteiger partial charge in [-0.05, 0) is 48.7 Å². The van der Waals surface area contributed by atoms with E-state index in [0.717, 1.165) is 11.3 Å². The molecule has 0 radical (unpaired) electrons. The zero-order valence-corrected chi connectivity index (χ0v) is 18.7. The van der Waals surface area contributed by atoms with Gasteiger partial charge in [0.1, 0.15) is 5.82 Å². The number of rotatable bonds is 6. The molecular weight excluding hydrogens is 426 g/mol. The number of hydrogen-bond donors (Lipinski definition) is 2. The summed E-state index contributed by atoms with van der Waals surface area (Å²) in [6, 6.07) is 14.4. The number of carbonyl (C=O) groups excluding carboxylic acids is 2. The van der Waals surface area contributed by atoms with Crippen LogP contribution in [0.5, 0.6) is 0 Å². The minimum Gasteiger partial charge on any atom is -0.405 e. The maximum Gasteiger partial charge on any atom is 0.253 e. The number of nitrogens with one attached hydrogen (secondary N) is 1. The standard InChI is InChI=1S/C24H26ClN5O2/c1-17(28-23(11-12-26)19-3-7-21(25)8-4-19)27-22-9-5-20(6-10-22)24(32)30-15-13-29(14-16-30)18(2)31/h3-12,27H,1,13-16,26H2,2H3/b12-11-,28-23?. The van der Waals surface area contributed by atoms with Gasteiger partial charge in [0.2, 0.25) is 5.91 Å². The van der Waals surface area contributed by atoms with Crippen LogP contribution in [0.15, 0.2) is 78.2 Å². The van der Waals surface area contributed by atoms with Gasteiger partial charge in [-0.3, -0.25) is 9.59 Å². The monoisotopic (exact) mass is 451 g/mol. The second-order valence-electron chi connectivity index (χ2n) is 7.31. The highest BCUT2D eigenvalue weighted by atomic mass is 35.5. The van der Waals surface area contributed by atoms with Crippen molar-refractivity contribution < 1.29 is 9.59 Å². The van der Waals surface area contributed by atoms with Crippen molar-refractivity contribution in [2.75, 3.05) is 31.5 Å². The van der Waals surface area contributed by atoms with Crippen LogP contribution in [0.1, 0.15) is 22.8 Å². The number of allylic oxidation sites excluding steroid dienone is 1. The van der Waals surface area contributed by atoms with Gasteiger partial charge in [0.25, 0.3) is 5.91 Å². The van der Waals surface area contributed by atoms with Crippen LogP contribution in [0.3, 0.4) is 0 Å². The minimum absolute atomic E-state index is 0.0385. The molecule has 7 nitrogen and oxygen atoms in total. The predicted molar refractivity (Wildman–Crippen MR) is 129 cm³/mol. The summed E-state index contributed by atoms with van der Waals surface area (Å²) in [4.78, 5) is 32.2. The summed E-state index contributed by atoms with van der Waals surface area (Å²) in [6.07, 6.45) is 3.10. The second-order valence-corrected chi connectivity index (χ2v) is 7.75. The van der Waals surface area contributed by atoms with Crippen molar-refractivity contribution in [3.05, 3.63) is 89.4 Å². The van der Waals surface area contributed by atoms with E-state index in [0.29, 0.717) is 48.3 Å². The van der Waals surface area contributed by atoms with Crippen molar-refractivity contribution in [3.63, 3.8) is 0 Å². The van der Waals surface area contributed by atoms with Crippen LogP contribution in [0.25, 0.3) is 0 Å². The van der Waals surface area contributed by atoms with E-state index < -0.39 is 0 Å². The molecule has 2 aromatic rings. The van der Waals surface area contributed by atoms with Crippen LogP contribution in [-0.2, 0) is 4.79 Å². The summed E-state index contributed by atoms with van der Waals surface area (Å²) >= 11 is 5.95. The fraction of sp³-hybridized carbons (Fsp3) is 0.208. The van der Waals surface area contributed by atoms with Crippen LogP contribution in [0.4, 0.5) is 5.69 Å². The molecule has 1 fully saturated rings. The molecule has 2 aromatic carbocycles. The van der Waals surface area contributed by atoms with E-state index in [4.69, 9.17) is 17.3 Å². The first-order valence-electron chi connectivity index (χ1n) is 10.2. The molecule has 3 rings (SSSR count). The Morgan fingerprint density at radius 1 is 1.00 bits per heavy atom. The molecule has 0 atom stereocenters. The van der Waals surface area contributed by atoms with Gasteiger partial charge in [0, 0.05) is 54.9 Å². The lowest BCUT2D eigenvalue weighted by molar-refractivity contribution is -0.130. The van der Waals surface area contributed by atoms with Gasteiger partial charge < -0.3 is 20.9 Å². The lowest BCUT2D eigenvalue weighted by Crippen LogP contribution is -2.50. The van der Waals surface area contributed by atoms with Crippen LogP contribution >= 0.6 is 11.6 Å². The van der Waals surface area contributed by atoms with E-state index >= 15 is 0 Å². The second kappa shape index (κ2) is 10.6. The highest BCUT2D eigenvalue weighted by Gasteiger charge is 2.23. The molecule has 1 aliphatic heterocycles. The maximum absolute atomic E-state index is 12.7. The molecular formula is C24H26ClN5O2. The highest BCUT2D eigenvalue weighted by Crippen LogP contribution is 2.16. The Kier molecular flexibility index (Phi) is 7.68. The van der Waals surface area contributed by atoms with Crippen molar-refractivity contribution >= 4 is 34.8 Å². The molecule has 0 aromatic heterocycles. The number of amides is 2. The molecule has 166 valence electrons. The van der Waals surface area contributed by atoms with Gasteiger partial charge >= 0.3 is 0 Å². The molecule has 0 bridgehead atoms. The number of benzene rings is 2. The molecule has 1 saturated heterocycles. The van der Waals surface area contributed by atoms with Crippen molar-refractivity contribution in [1.82, 2.24) is 9.80 Å². The zero-order chi connectivity index (χ0) is 23.1. The molecule has 0 aliphatic carbocycles. The van der Waals surface area contributed by atoms with Crippen LogP contribution in [0.2, 0.25) is 5.02 Å². The lowest BCUT2D eigenvalue weighted by Gasteiger charge is -2.34. The third-order valence-electron chi connectivity index (χ3n) is 5.08. The number of nitrogens with two attached hydrogens (primary N) is 1. The Morgan fingerprint density at radius 2 is 1.56 bits per heavy atom. The fourth-order valence-electron chi connectivity index (χ4n) is 3.35. The largest absolute Gasteiger partial charge is 0.405 e. The fourth-order valence-corrected chi connectivity index (χ4v) is 3.48. The van der Waals surface area contributed by atoms with Gasteiger partial charge in [-0.15, -0.1) is 0 Å². The molecule has 8 heteroatoms. The maximum atomic E-state index is 12.7. The average Bonchev–Trinajstić information content (AvgIpc) is 2.79. The topological polar surface area (TPSA) is 91.0 Å². The first kappa shape index (κ1) is 23.1. The third kappa shape index (κ3) is 5.98. The van der Waals surface area contributed by atoms with Crippen molar-refractivity contribution in [2.45, 2.75) is 6.92 Å².